The van der Waals surface area contributed by atoms with Crippen LogP contribution < -0.4 is 4.74 Å². The lowest BCUT2D eigenvalue weighted by atomic mass is 9.83. The highest BCUT2D eigenvalue weighted by atomic mass is 16.5. The predicted octanol–water partition coefficient (Wildman–Crippen LogP) is 1.58. The highest BCUT2D eigenvalue weighted by Crippen LogP contribution is 2.37. The highest BCUT2D eigenvalue weighted by Gasteiger charge is 2.50. The van der Waals surface area contributed by atoms with Crippen LogP contribution in [0.1, 0.15) is 31.4 Å². The van der Waals surface area contributed by atoms with Crippen LogP contribution in [0.15, 0.2) is 12.3 Å². The molecule has 0 aliphatic carbocycles. The average molecular weight is 319 g/mol. The van der Waals surface area contributed by atoms with E-state index in [0.717, 1.165) is 64.3 Å². The molecule has 0 amide bonds. The van der Waals surface area contributed by atoms with Gasteiger partial charge in [0.25, 0.3) is 0 Å². The third-order valence-corrected chi connectivity index (χ3v) is 5.18. The lowest BCUT2D eigenvalue weighted by Gasteiger charge is -2.55. The fourth-order valence-corrected chi connectivity index (χ4v) is 3.94. The van der Waals surface area contributed by atoms with Crippen LogP contribution in [0.5, 0.6) is 6.01 Å². The van der Waals surface area contributed by atoms with Crippen molar-refractivity contribution in [2.75, 3.05) is 32.9 Å². The Labute approximate surface area is 137 Å². The first-order valence-electron chi connectivity index (χ1n) is 8.65. The van der Waals surface area contributed by atoms with E-state index in [1.54, 1.807) is 6.20 Å². The smallest absolute Gasteiger partial charge is 0.316 e. The zero-order chi connectivity index (χ0) is 15.7. The Morgan fingerprint density at radius 3 is 2.83 bits per heavy atom. The first-order valence-corrected chi connectivity index (χ1v) is 8.65. The summed E-state index contributed by atoms with van der Waals surface area (Å²) in [6, 6.07) is 3.04. The lowest BCUT2D eigenvalue weighted by Crippen LogP contribution is -2.68. The maximum absolute atomic E-state index is 6.12. The molecule has 3 aliphatic heterocycles. The summed E-state index contributed by atoms with van der Waals surface area (Å²) >= 11 is 0. The molecule has 0 bridgehead atoms. The van der Waals surface area contributed by atoms with E-state index in [1.165, 1.54) is 0 Å². The molecule has 0 saturated carbocycles. The van der Waals surface area contributed by atoms with E-state index in [0.29, 0.717) is 12.1 Å². The number of hydrogen-bond donors (Lipinski definition) is 0. The number of aromatic nitrogens is 2. The number of ether oxygens (including phenoxy) is 3. The van der Waals surface area contributed by atoms with Crippen LogP contribution in [0.4, 0.5) is 0 Å². The summed E-state index contributed by atoms with van der Waals surface area (Å²) in [5.41, 5.74) is 0.913. The van der Waals surface area contributed by atoms with E-state index in [-0.39, 0.29) is 11.7 Å². The average Bonchev–Trinajstić information content (AvgIpc) is 2.54. The van der Waals surface area contributed by atoms with Crippen LogP contribution >= 0.6 is 0 Å². The van der Waals surface area contributed by atoms with Crippen molar-refractivity contribution in [1.29, 1.82) is 0 Å². The first-order chi connectivity index (χ1) is 11.2. The van der Waals surface area contributed by atoms with Gasteiger partial charge < -0.3 is 14.2 Å². The number of hydrogen-bond acceptors (Lipinski definition) is 6. The summed E-state index contributed by atoms with van der Waals surface area (Å²) in [6.07, 6.45) is 6.05. The summed E-state index contributed by atoms with van der Waals surface area (Å²) in [5.74, 6) is 0. The number of aryl methyl sites for hydroxylation is 1. The third kappa shape index (κ3) is 3.34. The molecule has 0 unspecified atom stereocenters. The largest absolute Gasteiger partial charge is 0.460 e. The van der Waals surface area contributed by atoms with Crippen molar-refractivity contribution < 1.29 is 14.2 Å². The van der Waals surface area contributed by atoms with Gasteiger partial charge >= 0.3 is 6.01 Å². The third-order valence-electron chi connectivity index (χ3n) is 5.18. The molecule has 23 heavy (non-hydrogen) atoms. The number of likely N-dealkylation sites (tertiary alicyclic amines) is 1. The van der Waals surface area contributed by atoms with Gasteiger partial charge in [-0.3, -0.25) is 4.90 Å². The maximum atomic E-state index is 6.12. The molecule has 1 aromatic rings. The van der Waals surface area contributed by atoms with Crippen LogP contribution in [0.3, 0.4) is 0 Å². The molecule has 0 N–H and O–H groups in total. The summed E-state index contributed by atoms with van der Waals surface area (Å²) in [7, 11) is 0. The van der Waals surface area contributed by atoms with Gasteiger partial charge in [0.1, 0.15) is 6.10 Å². The summed E-state index contributed by atoms with van der Waals surface area (Å²) < 4.78 is 17.6. The van der Waals surface area contributed by atoms with Crippen molar-refractivity contribution in [3.8, 4) is 6.01 Å². The molecular weight excluding hydrogens is 294 g/mol. The Bertz CT molecular complexity index is 542. The number of rotatable bonds is 3. The predicted molar refractivity (Wildman–Crippen MR) is 84.5 cm³/mol. The van der Waals surface area contributed by atoms with E-state index in [9.17, 15) is 0 Å². The topological polar surface area (TPSA) is 56.7 Å². The first kappa shape index (κ1) is 15.3. The Morgan fingerprint density at radius 1 is 1.22 bits per heavy atom. The summed E-state index contributed by atoms with van der Waals surface area (Å²) in [4.78, 5) is 11.1. The minimum atomic E-state index is -0.0228. The molecule has 3 aliphatic rings. The summed E-state index contributed by atoms with van der Waals surface area (Å²) in [6.45, 7) is 6.55. The van der Waals surface area contributed by atoms with Crippen LogP contribution in [0.25, 0.3) is 0 Å². The molecule has 0 radical (unpaired) electrons. The minimum Gasteiger partial charge on any atom is -0.460 e. The molecule has 126 valence electrons. The van der Waals surface area contributed by atoms with E-state index in [1.807, 2.05) is 13.0 Å². The lowest BCUT2D eigenvalue weighted by molar-refractivity contribution is -0.200. The van der Waals surface area contributed by atoms with E-state index >= 15 is 0 Å². The number of nitrogens with zero attached hydrogens (tertiary/aromatic N) is 3. The molecular formula is C17H25N3O3. The van der Waals surface area contributed by atoms with Gasteiger partial charge in [-0.25, -0.2) is 9.97 Å². The van der Waals surface area contributed by atoms with Gasteiger partial charge in [0.15, 0.2) is 0 Å². The monoisotopic (exact) mass is 319 g/mol. The standard InChI is InChI=1S/C17H25N3O3/c1-13-2-6-18-16(19-13)23-15-5-9-22-17(10-15)11-20(12-17)14-3-7-21-8-4-14/h2,6,14-15H,3-5,7-12H2,1H3/t15-/m0/s1. The van der Waals surface area contributed by atoms with Crippen LogP contribution in [0.2, 0.25) is 0 Å². The molecule has 3 saturated heterocycles. The Kier molecular flexibility index (Phi) is 4.22. The molecule has 4 rings (SSSR count). The van der Waals surface area contributed by atoms with E-state index in [4.69, 9.17) is 14.2 Å². The second-order valence-corrected chi connectivity index (χ2v) is 6.99. The van der Waals surface area contributed by atoms with Gasteiger partial charge in [-0.05, 0) is 25.8 Å². The molecule has 4 heterocycles. The second kappa shape index (κ2) is 6.34. The van der Waals surface area contributed by atoms with Crippen molar-refractivity contribution in [1.82, 2.24) is 14.9 Å². The highest BCUT2D eigenvalue weighted by molar-refractivity contribution is 5.06. The van der Waals surface area contributed by atoms with Crippen LogP contribution in [0, 0.1) is 6.92 Å². The van der Waals surface area contributed by atoms with Gasteiger partial charge in [0.05, 0.1) is 12.2 Å². The zero-order valence-corrected chi connectivity index (χ0v) is 13.7. The van der Waals surface area contributed by atoms with Gasteiger partial charge in [0.2, 0.25) is 0 Å². The fraction of sp³-hybridized carbons (Fsp3) is 0.765. The second-order valence-electron chi connectivity index (χ2n) is 6.99. The quantitative estimate of drug-likeness (QED) is 0.843. The molecule has 6 heteroatoms. The Hall–Kier alpha value is -1.24. The molecule has 6 nitrogen and oxygen atoms in total. The van der Waals surface area contributed by atoms with E-state index < -0.39 is 0 Å². The molecule has 1 atom stereocenters. The molecule has 1 spiro atoms. The van der Waals surface area contributed by atoms with Gasteiger partial charge in [0, 0.05) is 57.1 Å². The Morgan fingerprint density at radius 2 is 2.04 bits per heavy atom. The van der Waals surface area contributed by atoms with Crippen LogP contribution in [-0.2, 0) is 9.47 Å². The normalized spacial score (nSPS) is 28.5. The molecule has 0 aromatic carbocycles. The maximum Gasteiger partial charge on any atom is 0.316 e. The van der Waals surface area contributed by atoms with Crippen molar-refractivity contribution in [2.45, 2.75) is 50.4 Å². The fourth-order valence-electron chi connectivity index (χ4n) is 3.94. The Balaban J connectivity index is 1.33. The molecule has 3 fully saturated rings. The van der Waals surface area contributed by atoms with Crippen molar-refractivity contribution >= 4 is 0 Å². The van der Waals surface area contributed by atoms with Crippen molar-refractivity contribution in [3.05, 3.63) is 18.0 Å². The molecule has 1 aromatic heterocycles. The van der Waals surface area contributed by atoms with Crippen LogP contribution in [-0.4, -0.2) is 65.5 Å². The zero-order valence-electron chi connectivity index (χ0n) is 13.7. The minimum absolute atomic E-state index is 0.0228. The SMILES string of the molecule is Cc1ccnc(O[C@H]2CCOC3(C2)CN(C2CCOCC2)C3)n1. The van der Waals surface area contributed by atoms with Crippen molar-refractivity contribution in [3.63, 3.8) is 0 Å². The van der Waals surface area contributed by atoms with Gasteiger partial charge in [-0.1, -0.05) is 0 Å². The van der Waals surface area contributed by atoms with E-state index in [2.05, 4.69) is 14.9 Å². The van der Waals surface area contributed by atoms with Gasteiger partial charge in [-0.2, -0.15) is 0 Å². The van der Waals surface area contributed by atoms with Gasteiger partial charge in [-0.15, -0.1) is 0 Å². The summed E-state index contributed by atoms with van der Waals surface area (Å²) in [5, 5.41) is 0. The van der Waals surface area contributed by atoms with Crippen molar-refractivity contribution in [2.24, 2.45) is 0 Å².